The highest BCUT2D eigenvalue weighted by molar-refractivity contribution is 6.37. The number of hydrogen-bond acceptors (Lipinski definition) is 6. The zero-order valence-electron chi connectivity index (χ0n) is 20.7. The van der Waals surface area contributed by atoms with Gasteiger partial charge in [0.05, 0.1) is 41.4 Å². The van der Waals surface area contributed by atoms with Crippen LogP contribution in [0, 0.1) is 0 Å². The van der Waals surface area contributed by atoms with Crippen molar-refractivity contribution >= 4 is 46.6 Å². The molecule has 0 atom stereocenters. The second kappa shape index (κ2) is 11.6. The van der Waals surface area contributed by atoms with Gasteiger partial charge >= 0.3 is 0 Å². The van der Waals surface area contributed by atoms with Crippen molar-refractivity contribution in [1.82, 2.24) is 0 Å². The number of rotatable bonds is 9. The molecule has 0 aromatic heterocycles. The second-order valence-electron chi connectivity index (χ2n) is 7.99. The molecule has 1 N–H and O–H groups in total. The zero-order valence-corrected chi connectivity index (χ0v) is 21.4. The molecule has 0 radical (unpaired) electrons. The Labute approximate surface area is 220 Å². The van der Waals surface area contributed by atoms with E-state index in [4.69, 9.17) is 25.8 Å². The molecule has 3 aromatic carbocycles. The van der Waals surface area contributed by atoms with Crippen LogP contribution in [0.4, 0.5) is 11.4 Å². The van der Waals surface area contributed by atoms with Gasteiger partial charge in [0.1, 0.15) is 5.75 Å². The van der Waals surface area contributed by atoms with E-state index in [1.807, 2.05) is 13.0 Å². The van der Waals surface area contributed by atoms with Crippen molar-refractivity contribution in [2.24, 2.45) is 5.10 Å². The highest BCUT2D eigenvalue weighted by Crippen LogP contribution is 2.33. The number of carbonyl (C=O) groups is 2. The van der Waals surface area contributed by atoms with Crippen LogP contribution in [0.3, 0.4) is 0 Å². The molecule has 0 saturated carbocycles. The number of benzene rings is 3. The summed E-state index contributed by atoms with van der Waals surface area (Å²) < 4.78 is 16.7. The van der Waals surface area contributed by atoms with Gasteiger partial charge in [0.15, 0.2) is 18.1 Å². The summed E-state index contributed by atoms with van der Waals surface area (Å²) in [4.78, 5) is 25.6. The fourth-order valence-corrected chi connectivity index (χ4v) is 3.93. The number of nitrogens with zero attached hydrogens (tertiary/aromatic N) is 2. The lowest BCUT2D eigenvalue weighted by Gasteiger charge is -2.14. The van der Waals surface area contributed by atoms with Crippen LogP contribution in [0.5, 0.6) is 17.2 Å². The molecule has 1 heterocycles. The van der Waals surface area contributed by atoms with E-state index in [1.165, 1.54) is 12.1 Å². The number of methoxy groups -OCH3 is 1. The molecule has 1 aliphatic heterocycles. The lowest BCUT2D eigenvalue weighted by atomic mass is 10.1. The van der Waals surface area contributed by atoms with E-state index >= 15 is 0 Å². The zero-order chi connectivity index (χ0) is 26.4. The predicted octanol–water partition coefficient (Wildman–Crippen LogP) is 5.57. The highest BCUT2D eigenvalue weighted by Gasteiger charge is 2.30. The van der Waals surface area contributed by atoms with Gasteiger partial charge in [0, 0.05) is 0 Å². The van der Waals surface area contributed by atoms with Gasteiger partial charge in [0.25, 0.3) is 11.8 Å². The first-order chi connectivity index (χ1) is 17.9. The summed E-state index contributed by atoms with van der Waals surface area (Å²) in [7, 11) is 1.54. The van der Waals surface area contributed by atoms with Gasteiger partial charge in [-0.05, 0) is 61.9 Å². The van der Waals surface area contributed by atoms with Gasteiger partial charge < -0.3 is 19.5 Å². The fourth-order valence-electron chi connectivity index (χ4n) is 3.72. The number of halogens is 1. The Balaban J connectivity index is 1.49. The molecule has 9 heteroatoms. The number of para-hydroxylation sites is 3. The van der Waals surface area contributed by atoms with Crippen LogP contribution in [0.25, 0.3) is 6.08 Å². The molecule has 0 saturated heterocycles. The first-order valence-electron chi connectivity index (χ1n) is 11.6. The van der Waals surface area contributed by atoms with Crippen molar-refractivity contribution in [3.05, 3.63) is 82.9 Å². The van der Waals surface area contributed by atoms with Crippen LogP contribution < -0.4 is 24.5 Å². The van der Waals surface area contributed by atoms with Crippen molar-refractivity contribution in [3.63, 3.8) is 0 Å². The molecule has 0 bridgehead atoms. The molecular formula is C28H26ClN3O5. The first-order valence-corrected chi connectivity index (χ1v) is 12.0. The third-order valence-corrected chi connectivity index (χ3v) is 5.78. The third kappa shape index (κ3) is 5.92. The van der Waals surface area contributed by atoms with E-state index in [9.17, 15) is 9.59 Å². The van der Waals surface area contributed by atoms with Crippen molar-refractivity contribution in [2.75, 3.05) is 30.6 Å². The van der Waals surface area contributed by atoms with Crippen molar-refractivity contribution in [3.8, 4) is 17.2 Å². The average Bonchev–Trinajstić information content (AvgIpc) is 3.17. The van der Waals surface area contributed by atoms with Gasteiger partial charge in [-0.2, -0.15) is 10.1 Å². The molecular weight excluding hydrogens is 494 g/mol. The smallest absolute Gasteiger partial charge is 0.280 e. The summed E-state index contributed by atoms with van der Waals surface area (Å²) in [6.45, 7) is 3.78. The van der Waals surface area contributed by atoms with Crippen LogP contribution in [0.15, 0.2) is 77.4 Å². The van der Waals surface area contributed by atoms with Crippen LogP contribution in [0.1, 0.15) is 19.4 Å². The number of anilines is 2. The lowest BCUT2D eigenvalue weighted by Crippen LogP contribution is -2.21. The number of amides is 2. The normalized spacial score (nSPS) is 13.9. The minimum Gasteiger partial charge on any atom is -0.495 e. The minimum absolute atomic E-state index is 0.227. The quantitative estimate of drug-likeness (QED) is 0.373. The maximum atomic E-state index is 13.1. The van der Waals surface area contributed by atoms with Gasteiger partial charge in [-0.1, -0.05) is 41.9 Å². The van der Waals surface area contributed by atoms with Crippen LogP contribution in [0.2, 0.25) is 5.02 Å². The monoisotopic (exact) mass is 519 g/mol. The molecule has 0 fully saturated rings. The molecule has 4 rings (SSSR count). The summed E-state index contributed by atoms with van der Waals surface area (Å²) in [6.07, 6.45) is 1.73. The molecule has 8 nitrogen and oxygen atoms in total. The topological polar surface area (TPSA) is 89.5 Å². The van der Waals surface area contributed by atoms with Crippen LogP contribution in [-0.2, 0) is 9.59 Å². The third-order valence-electron chi connectivity index (χ3n) is 5.46. The molecule has 3 aromatic rings. The van der Waals surface area contributed by atoms with Gasteiger partial charge in [-0.15, -0.1) is 0 Å². The molecule has 0 aliphatic carbocycles. The SMILES string of the molecule is CCOc1cc(/C=C2/C(=O)N(c3ccccc3Cl)N=C2C)ccc1OCC(=O)Nc1ccccc1OC. The summed E-state index contributed by atoms with van der Waals surface area (Å²) in [5, 5.41) is 8.89. The summed E-state index contributed by atoms with van der Waals surface area (Å²) >= 11 is 6.26. The van der Waals surface area contributed by atoms with Gasteiger partial charge in [-0.25, -0.2) is 0 Å². The van der Waals surface area contributed by atoms with Crippen LogP contribution >= 0.6 is 11.6 Å². The Kier molecular flexibility index (Phi) is 8.10. The van der Waals surface area contributed by atoms with E-state index < -0.39 is 0 Å². The maximum absolute atomic E-state index is 13.1. The Morgan fingerprint density at radius 1 is 1.03 bits per heavy atom. The Bertz CT molecular complexity index is 1390. The minimum atomic E-state index is -0.346. The second-order valence-corrected chi connectivity index (χ2v) is 8.40. The van der Waals surface area contributed by atoms with Crippen molar-refractivity contribution in [1.29, 1.82) is 0 Å². The average molecular weight is 520 g/mol. The van der Waals surface area contributed by atoms with Crippen molar-refractivity contribution < 1.29 is 23.8 Å². The largest absolute Gasteiger partial charge is 0.495 e. The highest BCUT2D eigenvalue weighted by atomic mass is 35.5. The molecule has 0 spiro atoms. The number of nitrogens with one attached hydrogen (secondary N) is 1. The van der Waals surface area contributed by atoms with E-state index in [1.54, 1.807) is 73.7 Å². The van der Waals surface area contributed by atoms with Crippen LogP contribution in [-0.4, -0.2) is 37.8 Å². The fraction of sp³-hybridized carbons (Fsp3) is 0.179. The molecule has 0 unspecified atom stereocenters. The number of hydrazone groups is 1. The van der Waals surface area contributed by atoms with Gasteiger partial charge in [-0.3, -0.25) is 9.59 Å². The lowest BCUT2D eigenvalue weighted by molar-refractivity contribution is -0.118. The Morgan fingerprint density at radius 2 is 1.78 bits per heavy atom. The Morgan fingerprint density at radius 3 is 2.54 bits per heavy atom. The van der Waals surface area contributed by atoms with Gasteiger partial charge in [0.2, 0.25) is 0 Å². The Hall–Kier alpha value is -4.30. The van der Waals surface area contributed by atoms with E-state index in [0.717, 1.165) is 0 Å². The maximum Gasteiger partial charge on any atom is 0.280 e. The molecule has 37 heavy (non-hydrogen) atoms. The molecule has 2 amide bonds. The number of ether oxygens (including phenoxy) is 3. The number of hydrogen-bond donors (Lipinski definition) is 1. The van der Waals surface area contributed by atoms with E-state index in [0.29, 0.717) is 57.1 Å². The number of carbonyl (C=O) groups excluding carboxylic acids is 2. The standard InChI is InChI=1S/C28H26ClN3O5/c1-4-36-26-16-19(15-20-18(2)31-32(28(20)34)23-11-7-5-9-21(23)29)13-14-25(26)37-17-27(33)30-22-10-6-8-12-24(22)35-3/h5-16H,4,17H2,1-3H3,(H,30,33)/b20-15+. The predicted molar refractivity (Wildman–Crippen MR) is 145 cm³/mol. The van der Waals surface area contributed by atoms with E-state index in [-0.39, 0.29) is 18.4 Å². The summed E-state index contributed by atoms with van der Waals surface area (Å²) in [6, 6.07) is 19.4. The summed E-state index contributed by atoms with van der Waals surface area (Å²) in [5.74, 6) is 0.777. The van der Waals surface area contributed by atoms with E-state index in [2.05, 4.69) is 10.4 Å². The van der Waals surface area contributed by atoms with Crippen molar-refractivity contribution in [2.45, 2.75) is 13.8 Å². The molecule has 190 valence electrons. The first kappa shape index (κ1) is 25.8. The summed E-state index contributed by atoms with van der Waals surface area (Å²) in [5.41, 5.74) is 2.79. The molecule has 1 aliphatic rings.